The summed E-state index contributed by atoms with van der Waals surface area (Å²) in [6.07, 6.45) is 1.98. The Morgan fingerprint density at radius 3 is 2.68 bits per heavy atom. The molecule has 3 rings (SSSR count). The molecule has 0 heterocycles. The van der Waals surface area contributed by atoms with E-state index in [0.717, 1.165) is 10.3 Å². The number of fused-ring (bicyclic) bond motifs is 1. The van der Waals surface area contributed by atoms with Crippen LogP contribution in [-0.4, -0.2) is 17.3 Å². The van der Waals surface area contributed by atoms with Crippen LogP contribution in [0.25, 0.3) is 10.8 Å². The molecule has 0 radical (unpaired) electrons. The third-order valence-electron chi connectivity index (χ3n) is 3.47. The SMILES string of the molecule is CSc1cccc(NC(=O)c2ccc3ccccc3c2O)c1. The average Bonchev–Trinajstić information content (AvgIpc) is 2.55. The maximum atomic E-state index is 12.4. The summed E-state index contributed by atoms with van der Waals surface area (Å²) in [5.74, 6) is -0.307. The van der Waals surface area contributed by atoms with E-state index in [2.05, 4.69) is 5.32 Å². The van der Waals surface area contributed by atoms with E-state index < -0.39 is 0 Å². The van der Waals surface area contributed by atoms with Gasteiger partial charge in [-0.2, -0.15) is 0 Å². The van der Waals surface area contributed by atoms with E-state index in [9.17, 15) is 9.90 Å². The van der Waals surface area contributed by atoms with Crippen molar-refractivity contribution in [1.82, 2.24) is 0 Å². The normalized spacial score (nSPS) is 10.6. The van der Waals surface area contributed by atoms with Crippen molar-refractivity contribution >= 4 is 34.1 Å². The van der Waals surface area contributed by atoms with Gasteiger partial charge in [0.2, 0.25) is 0 Å². The molecule has 0 spiro atoms. The molecule has 3 nitrogen and oxygen atoms in total. The van der Waals surface area contributed by atoms with Crippen molar-refractivity contribution in [3.05, 3.63) is 66.2 Å². The molecule has 22 heavy (non-hydrogen) atoms. The minimum Gasteiger partial charge on any atom is -0.506 e. The van der Waals surface area contributed by atoms with Crippen molar-refractivity contribution in [2.75, 3.05) is 11.6 Å². The van der Waals surface area contributed by atoms with Gasteiger partial charge in [-0.25, -0.2) is 0 Å². The van der Waals surface area contributed by atoms with Crippen LogP contribution in [0.15, 0.2) is 65.6 Å². The summed E-state index contributed by atoms with van der Waals surface area (Å²) in [5, 5.41) is 14.7. The number of carbonyl (C=O) groups excluding carboxylic acids is 1. The van der Waals surface area contributed by atoms with Gasteiger partial charge in [0.15, 0.2) is 0 Å². The topological polar surface area (TPSA) is 49.3 Å². The molecule has 0 aliphatic carbocycles. The third-order valence-corrected chi connectivity index (χ3v) is 4.20. The summed E-state index contributed by atoms with van der Waals surface area (Å²) < 4.78 is 0. The van der Waals surface area contributed by atoms with E-state index in [0.29, 0.717) is 11.1 Å². The Balaban J connectivity index is 1.93. The number of aromatic hydroxyl groups is 1. The molecule has 0 aromatic heterocycles. The van der Waals surface area contributed by atoms with Crippen molar-refractivity contribution in [1.29, 1.82) is 0 Å². The largest absolute Gasteiger partial charge is 0.506 e. The molecule has 0 unspecified atom stereocenters. The highest BCUT2D eigenvalue weighted by Gasteiger charge is 2.14. The summed E-state index contributed by atoms with van der Waals surface area (Å²) in [4.78, 5) is 13.5. The first-order chi connectivity index (χ1) is 10.7. The number of hydrogen-bond donors (Lipinski definition) is 2. The van der Waals surface area contributed by atoms with Gasteiger partial charge in [0, 0.05) is 16.0 Å². The number of phenols is 1. The Labute approximate surface area is 133 Å². The molecule has 0 fully saturated rings. The second-order valence-corrected chi connectivity index (χ2v) is 5.75. The van der Waals surface area contributed by atoms with E-state index >= 15 is 0 Å². The second kappa shape index (κ2) is 6.12. The smallest absolute Gasteiger partial charge is 0.259 e. The van der Waals surface area contributed by atoms with Crippen molar-refractivity contribution < 1.29 is 9.90 Å². The van der Waals surface area contributed by atoms with Crippen molar-refractivity contribution in [3.8, 4) is 5.75 Å². The summed E-state index contributed by atoms with van der Waals surface area (Å²) in [6.45, 7) is 0. The number of anilines is 1. The van der Waals surface area contributed by atoms with E-state index in [-0.39, 0.29) is 17.2 Å². The number of nitrogens with one attached hydrogen (secondary N) is 1. The molecular weight excluding hydrogens is 294 g/mol. The standard InChI is InChI=1S/C18H15NO2S/c1-22-14-7-4-6-13(11-14)19-18(21)16-10-9-12-5-2-3-8-15(12)17(16)20/h2-11,20H,1H3,(H,19,21). The van der Waals surface area contributed by atoms with Crippen molar-refractivity contribution in [3.63, 3.8) is 0 Å². The van der Waals surface area contributed by atoms with Crippen LogP contribution in [0, 0.1) is 0 Å². The Hall–Kier alpha value is -2.46. The molecule has 0 bridgehead atoms. The van der Waals surface area contributed by atoms with Crippen molar-refractivity contribution in [2.24, 2.45) is 0 Å². The molecule has 0 saturated carbocycles. The van der Waals surface area contributed by atoms with E-state index in [4.69, 9.17) is 0 Å². The predicted octanol–water partition coefficient (Wildman–Crippen LogP) is 4.52. The fourth-order valence-electron chi connectivity index (χ4n) is 2.34. The van der Waals surface area contributed by atoms with Gasteiger partial charge in [0.1, 0.15) is 5.75 Å². The first kappa shape index (κ1) is 14.5. The molecule has 0 saturated heterocycles. The zero-order valence-electron chi connectivity index (χ0n) is 12.0. The zero-order valence-corrected chi connectivity index (χ0v) is 12.9. The van der Waals surface area contributed by atoms with Gasteiger partial charge in [-0.15, -0.1) is 11.8 Å². The average molecular weight is 309 g/mol. The fraction of sp³-hybridized carbons (Fsp3) is 0.0556. The molecule has 4 heteroatoms. The van der Waals surface area contributed by atoms with E-state index in [1.54, 1.807) is 23.9 Å². The first-order valence-corrected chi connectivity index (χ1v) is 8.07. The Kier molecular flexibility index (Phi) is 4.02. The van der Waals surface area contributed by atoms with Gasteiger partial charge in [-0.05, 0) is 35.9 Å². The monoisotopic (exact) mass is 309 g/mol. The van der Waals surface area contributed by atoms with Gasteiger partial charge in [0.05, 0.1) is 5.56 Å². The molecule has 3 aromatic carbocycles. The highest BCUT2D eigenvalue weighted by molar-refractivity contribution is 7.98. The number of benzene rings is 3. The maximum Gasteiger partial charge on any atom is 0.259 e. The molecule has 0 atom stereocenters. The highest BCUT2D eigenvalue weighted by Crippen LogP contribution is 2.29. The number of phenolic OH excluding ortho intramolecular Hbond substituents is 1. The molecular formula is C18H15NO2S. The summed E-state index contributed by atoms with van der Waals surface area (Å²) >= 11 is 1.61. The quantitative estimate of drug-likeness (QED) is 0.699. The Bertz CT molecular complexity index is 845. The van der Waals surface area contributed by atoms with Crippen LogP contribution in [0.1, 0.15) is 10.4 Å². The van der Waals surface area contributed by atoms with Gasteiger partial charge >= 0.3 is 0 Å². The highest BCUT2D eigenvalue weighted by atomic mass is 32.2. The lowest BCUT2D eigenvalue weighted by Crippen LogP contribution is -2.12. The van der Waals surface area contributed by atoms with Crippen molar-refractivity contribution in [2.45, 2.75) is 4.90 Å². The Morgan fingerprint density at radius 2 is 1.86 bits per heavy atom. The van der Waals surface area contributed by atoms with Gasteiger partial charge in [-0.1, -0.05) is 36.4 Å². The van der Waals surface area contributed by atoms with Crippen LogP contribution in [0.5, 0.6) is 5.75 Å². The third kappa shape index (κ3) is 2.78. The second-order valence-electron chi connectivity index (χ2n) is 4.87. The van der Waals surface area contributed by atoms with Gasteiger partial charge in [0.25, 0.3) is 5.91 Å². The van der Waals surface area contributed by atoms with E-state index in [1.165, 1.54) is 0 Å². The lowest BCUT2D eigenvalue weighted by Gasteiger charge is -2.09. The predicted molar refractivity (Wildman–Crippen MR) is 91.8 cm³/mol. The minimum atomic E-state index is -0.318. The summed E-state index contributed by atoms with van der Waals surface area (Å²) in [5.41, 5.74) is 0.984. The van der Waals surface area contributed by atoms with Crippen LogP contribution >= 0.6 is 11.8 Å². The van der Waals surface area contributed by atoms with Crippen LogP contribution in [0.4, 0.5) is 5.69 Å². The molecule has 0 aliphatic rings. The van der Waals surface area contributed by atoms with Crippen LogP contribution in [0.3, 0.4) is 0 Å². The lowest BCUT2D eigenvalue weighted by molar-refractivity contribution is 0.102. The lowest BCUT2D eigenvalue weighted by atomic mass is 10.0. The molecule has 2 N–H and O–H groups in total. The number of amides is 1. The Morgan fingerprint density at radius 1 is 1.05 bits per heavy atom. The number of thioether (sulfide) groups is 1. The molecule has 110 valence electrons. The number of carbonyl (C=O) groups is 1. The fourth-order valence-corrected chi connectivity index (χ4v) is 2.80. The summed E-state index contributed by atoms with van der Waals surface area (Å²) in [7, 11) is 0. The van der Waals surface area contributed by atoms with Gasteiger partial charge in [-0.3, -0.25) is 4.79 Å². The number of hydrogen-bond acceptors (Lipinski definition) is 3. The minimum absolute atomic E-state index is 0.0108. The molecule has 1 amide bonds. The van der Waals surface area contributed by atoms with E-state index in [1.807, 2.05) is 54.8 Å². The first-order valence-electron chi connectivity index (χ1n) is 6.85. The van der Waals surface area contributed by atoms with Crippen LogP contribution < -0.4 is 5.32 Å². The summed E-state index contributed by atoms with van der Waals surface area (Å²) in [6, 6.07) is 18.5. The van der Waals surface area contributed by atoms with Crippen LogP contribution in [0.2, 0.25) is 0 Å². The number of rotatable bonds is 3. The maximum absolute atomic E-state index is 12.4. The molecule has 3 aromatic rings. The molecule has 0 aliphatic heterocycles. The van der Waals surface area contributed by atoms with Crippen LogP contribution in [-0.2, 0) is 0 Å². The van der Waals surface area contributed by atoms with Gasteiger partial charge < -0.3 is 10.4 Å². The zero-order chi connectivity index (χ0) is 15.5.